The molecule has 3 atom stereocenters. The van der Waals surface area contributed by atoms with Gasteiger partial charge in [0.25, 0.3) is 0 Å². The fourth-order valence-corrected chi connectivity index (χ4v) is 7.08. The lowest BCUT2D eigenvalue weighted by atomic mass is 9.80. The predicted octanol–water partition coefficient (Wildman–Crippen LogP) is 3.19. The van der Waals surface area contributed by atoms with Crippen molar-refractivity contribution in [1.82, 2.24) is 4.90 Å². The lowest BCUT2D eigenvalue weighted by Gasteiger charge is -2.38. The number of β-amino-alcohol motifs (C(OH)–C–C–N with tert-alkyl or cyclic N) is 1. The number of anilines is 1. The van der Waals surface area contributed by atoms with E-state index in [1.165, 1.54) is 22.9 Å². The molecule has 31 heavy (non-hydrogen) atoms. The Balaban J connectivity index is 1.27. The van der Waals surface area contributed by atoms with E-state index in [1.54, 1.807) is 0 Å². The van der Waals surface area contributed by atoms with Crippen molar-refractivity contribution in [1.29, 1.82) is 0 Å². The van der Waals surface area contributed by atoms with Gasteiger partial charge in [-0.1, -0.05) is 43.3 Å². The Morgan fingerprint density at radius 1 is 1.10 bits per heavy atom. The van der Waals surface area contributed by atoms with Crippen LogP contribution in [0, 0.1) is 11.8 Å². The summed E-state index contributed by atoms with van der Waals surface area (Å²) < 4.78 is 25.9. The highest BCUT2D eigenvalue weighted by Gasteiger charge is 2.67. The van der Waals surface area contributed by atoms with Crippen molar-refractivity contribution in [2.75, 3.05) is 30.6 Å². The zero-order chi connectivity index (χ0) is 21.9. The lowest BCUT2D eigenvalue weighted by molar-refractivity contribution is -0.00666. The zero-order valence-electron chi connectivity index (χ0n) is 18.3. The molecule has 0 radical (unpaired) electrons. The smallest absolute Gasteiger partial charge is 0.229 e. The van der Waals surface area contributed by atoms with E-state index in [4.69, 9.17) is 0 Å². The van der Waals surface area contributed by atoms with Crippen molar-refractivity contribution in [3.05, 3.63) is 65.2 Å². The van der Waals surface area contributed by atoms with Crippen molar-refractivity contribution in [2.45, 2.75) is 43.6 Å². The number of hydrogen-bond acceptors (Lipinski definition) is 4. The van der Waals surface area contributed by atoms with Crippen molar-refractivity contribution < 1.29 is 13.5 Å². The summed E-state index contributed by atoms with van der Waals surface area (Å²) in [6, 6.07) is 16.4. The normalized spacial score (nSPS) is 32.4. The summed E-state index contributed by atoms with van der Waals surface area (Å²) in [6.45, 7) is 4.99. The van der Waals surface area contributed by atoms with Crippen LogP contribution in [0.1, 0.15) is 36.5 Å². The van der Waals surface area contributed by atoms with Gasteiger partial charge < -0.3 is 5.11 Å². The van der Waals surface area contributed by atoms with Gasteiger partial charge in [0.1, 0.15) is 0 Å². The Hall–Kier alpha value is -1.89. The molecule has 1 heterocycles. The van der Waals surface area contributed by atoms with E-state index >= 15 is 0 Å². The number of nitrogens with one attached hydrogen (secondary N) is 1. The summed E-state index contributed by atoms with van der Waals surface area (Å²) in [7, 11) is -3.28. The Kier molecular flexibility index (Phi) is 4.96. The van der Waals surface area contributed by atoms with Gasteiger partial charge in [-0.3, -0.25) is 9.62 Å². The minimum atomic E-state index is -3.28. The van der Waals surface area contributed by atoms with E-state index in [0.717, 1.165) is 45.3 Å². The molecule has 1 aliphatic heterocycles. The minimum Gasteiger partial charge on any atom is -0.388 e. The number of nitrogens with zero attached hydrogens (tertiary/aromatic N) is 1. The molecular weight excluding hydrogens is 408 g/mol. The van der Waals surface area contributed by atoms with Crippen LogP contribution in [0.4, 0.5) is 5.69 Å². The standard InChI is InChI=1S/C25H32N2O3S/c1-3-25(20-9-6-10-21(13-20)26-31(2,29)30)22-15-27(16-23(22)25)17-24(28)12-11-18-7-4-5-8-19(18)14-24/h4-10,13,22-23,26,28H,3,11-12,14-17H2,1-2H3. The SMILES string of the molecule is CCC1(c2cccc(NS(C)(=O)=O)c2)C2CN(CC3(O)CCc4ccccc4C3)CC21. The fraction of sp³-hybridized carbons (Fsp3) is 0.520. The van der Waals surface area contributed by atoms with E-state index in [2.05, 4.69) is 46.9 Å². The van der Waals surface area contributed by atoms with Crippen molar-refractivity contribution in [3.63, 3.8) is 0 Å². The molecule has 3 unspecified atom stereocenters. The lowest BCUT2D eigenvalue weighted by Crippen LogP contribution is -2.47. The van der Waals surface area contributed by atoms with Crippen LogP contribution >= 0.6 is 0 Å². The second-order valence-corrected chi connectivity index (χ2v) is 11.7. The molecule has 1 saturated heterocycles. The monoisotopic (exact) mass is 440 g/mol. The fourth-order valence-electron chi connectivity index (χ4n) is 6.52. The third-order valence-electron chi connectivity index (χ3n) is 7.91. The van der Waals surface area contributed by atoms with Crippen molar-refractivity contribution in [3.8, 4) is 0 Å². The van der Waals surface area contributed by atoms with E-state index in [1.807, 2.05) is 18.2 Å². The molecule has 166 valence electrons. The average molecular weight is 441 g/mol. The summed E-state index contributed by atoms with van der Waals surface area (Å²) in [5, 5.41) is 11.3. The van der Waals surface area contributed by atoms with Gasteiger partial charge in [0, 0.05) is 37.2 Å². The van der Waals surface area contributed by atoms with Crippen LogP contribution < -0.4 is 4.72 Å². The second kappa shape index (κ2) is 7.32. The first-order valence-electron chi connectivity index (χ1n) is 11.3. The minimum absolute atomic E-state index is 0.132. The topological polar surface area (TPSA) is 69.6 Å². The molecule has 3 aliphatic rings. The molecule has 5 nitrogen and oxygen atoms in total. The van der Waals surface area contributed by atoms with Gasteiger partial charge in [-0.2, -0.15) is 0 Å². The van der Waals surface area contributed by atoms with E-state index < -0.39 is 15.6 Å². The van der Waals surface area contributed by atoms with Crippen LogP contribution in [0.15, 0.2) is 48.5 Å². The number of benzene rings is 2. The van der Waals surface area contributed by atoms with Crippen LogP contribution in [0.5, 0.6) is 0 Å². The second-order valence-electron chi connectivity index (χ2n) is 9.93. The Morgan fingerprint density at radius 3 is 2.48 bits per heavy atom. The predicted molar refractivity (Wildman–Crippen MR) is 124 cm³/mol. The van der Waals surface area contributed by atoms with Gasteiger partial charge in [-0.15, -0.1) is 0 Å². The Bertz CT molecular complexity index is 1090. The van der Waals surface area contributed by atoms with Gasteiger partial charge in [-0.05, 0) is 59.9 Å². The molecule has 0 spiro atoms. The first-order valence-corrected chi connectivity index (χ1v) is 13.2. The van der Waals surface area contributed by atoms with Crippen molar-refractivity contribution >= 4 is 15.7 Å². The Morgan fingerprint density at radius 2 is 1.81 bits per heavy atom. The molecule has 2 fully saturated rings. The van der Waals surface area contributed by atoms with Crippen LogP contribution in [0.25, 0.3) is 0 Å². The molecule has 0 bridgehead atoms. The number of fused-ring (bicyclic) bond motifs is 2. The number of aliphatic hydroxyl groups is 1. The third kappa shape index (κ3) is 3.79. The zero-order valence-corrected chi connectivity index (χ0v) is 19.2. The first kappa shape index (κ1) is 21.0. The van der Waals surface area contributed by atoms with Gasteiger partial charge in [0.2, 0.25) is 10.0 Å². The van der Waals surface area contributed by atoms with Gasteiger partial charge in [0.05, 0.1) is 11.9 Å². The van der Waals surface area contributed by atoms with Gasteiger partial charge in [0.15, 0.2) is 0 Å². The van der Waals surface area contributed by atoms with Gasteiger partial charge >= 0.3 is 0 Å². The molecule has 2 aliphatic carbocycles. The maximum atomic E-state index is 11.6. The first-order chi connectivity index (χ1) is 14.7. The molecule has 1 saturated carbocycles. The molecule has 2 aromatic carbocycles. The number of rotatable bonds is 6. The summed E-state index contributed by atoms with van der Waals surface area (Å²) in [4.78, 5) is 2.45. The quantitative estimate of drug-likeness (QED) is 0.724. The molecule has 6 heteroatoms. The van der Waals surface area contributed by atoms with E-state index in [9.17, 15) is 13.5 Å². The van der Waals surface area contributed by atoms with Crippen LogP contribution in [0.2, 0.25) is 0 Å². The highest BCUT2D eigenvalue weighted by atomic mass is 32.2. The molecule has 0 aromatic heterocycles. The highest BCUT2D eigenvalue weighted by molar-refractivity contribution is 7.92. The van der Waals surface area contributed by atoms with Crippen LogP contribution in [-0.2, 0) is 28.3 Å². The molecule has 2 aromatic rings. The Labute approximate surface area is 185 Å². The van der Waals surface area contributed by atoms with Gasteiger partial charge in [-0.25, -0.2) is 8.42 Å². The molecule has 2 N–H and O–H groups in total. The number of aryl methyl sites for hydroxylation is 1. The number of likely N-dealkylation sites (tertiary alicyclic amines) is 1. The maximum Gasteiger partial charge on any atom is 0.229 e. The third-order valence-corrected chi connectivity index (χ3v) is 8.52. The number of hydrogen-bond donors (Lipinski definition) is 2. The number of sulfonamides is 1. The highest BCUT2D eigenvalue weighted by Crippen LogP contribution is 2.65. The summed E-state index contributed by atoms with van der Waals surface area (Å²) in [5.74, 6) is 1.15. The molecule has 0 amide bonds. The van der Waals surface area contributed by atoms with Crippen molar-refractivity contribution in [2.24, 2.45) is 11.8 Å². The molecular formula is C25H32N2O3S. The maximum absolute atomic E-state index is 11.6. The summed E-state index contributed by atoms with van der Waals surface area (Å²) in [6.07, 6.45) is 4.76. The average Bonchev–Trinajstić information content (AvgIpc) is 3.10. The molecule has 5 rings (SSSR count). The van der Waals surface area contributed by atoms with Crippen LogP contribution in [-0.4, -0.2) is 49.9 Å². The number of piperidine rings is 1. The van der Waals surface area contributed by atoms with Crippen LogP contribution in [0.3, 0.4) is 0 Å². The largest absolute Gasteiger partial charge is 0.388 e. The summed E-state index contributed by atoms with van der Waals surface area (Å²) in [5.41, 5.74) is 4.04. The summed E-state index contributed by atoms with van der Waals surface area (Å²) >= 11 is 0. The van der Waals surface area contributed by atoms with E-state index in [-0.39, 0.29) is 5.41 Å². The van der Waals surface area contributed by atoms with E-state index in [0.29, 0.717) is 17.5 Å².